The maximum atomic E-state index is 5.80. The number of nitrogens with two attached hydrogens (primary N) is 1. The molecule has 106 valence electrons. The zero-order chi connectivity index (χ0) is 14.5. The third kappa shape index (κ3) is 3.30. The van der Waals surface area contributed by atoms with Gasteiger partial charge in [-0.15, -0.1) is 0 Å². The summed E-state index contributed by atoms with van der Waals surface area (Å²) in [5, 5.41) is 0. The molecule has 1 atom stereocenters. The Bertz CT molecular complexity index is 557. The van der Waals surface area contributed by atoms with E-state index >= 15 is 0 Å². The fourth-order valence-corrected chi connectivity index (χ4v) is 1.92. The molecule has 0 fully saturated rings. The van der Waals surface area contributed by atoms with E-state index < -0.39 is 0 Å². The van der Waals surface area contributed by atoms with Gasteiger partial charge in [-0.2, -0.15) is 9.97 Å². The Morgan fingerprint density at radius 3 is 2.30 bits per heavy atom. The summed E-state index contributed by atoms with van der Waals surface area (Å²) in [6.07, 6.45) is -0.316. The van der Waals surface area contributed by atoms with Gasteiger partial charge in [-0.1, -0.05) is 44.2 Å². The number of hydrogen-bond donors (Lipinski definition) is 1. The predicted molar refractivity (Wildman–Crippen MR) is 78.2 cm³/mol. The van der Waals surface area contributed by atoms with Crippen LogP contribution in [-0.4, -0.2) is 21.6 Å². The Kier molecular flexibility index (Phi) is 4.63. The minimum absolute atomic E-state index is 0.192. The van der Waals surface area contributed by atoms with E-state index in [4.69, 9.17) is 10.5 Å². The van der Waals surface area contributed by atoms with E-state index in [0.717, 1.165) is 5.56 Å². The molecule has 0 aliphatic carbocycles. The Labute approximate surface area is 119 Å². The van der Waals surface area contributed by atoms with Crippen LogP contribution < -0.4 is 5.73 Å². The predicted octanol–water partition coefficient (Wildman–Crippen LogP) is 2.70. The molecular weight excluding hydrogens is 252 g/mol. The van der Waals surface area contributed by atoms with Gasteiger partial charge in [0.15, 0.2) is 5.82 Å². The SMILES string of the molecule is CCOC(c1ccccc1)c1nc(N)nc(C(C)C)n1. The molecule has 5 nitrogen and oxygen atoms in total. The lowest BCUT2D eigenvalue weighted by molar-refractivity contribution is 0.0848. The van der Waals surface area contributed by atoms with Gasteiger partial charge in [-0.3, -0.25) is 0 Å². The highest BCUT2D eigenvalue weighted by atomic mass is 16.5. The third-order valence-electron chi connectivity index (χ3n) is 2.87. The standard InChI is InChI=1S/C15H20N4O/c1-4-20-12(11-8-6-5-7-9-11)14-17-13(10(2)3)18-15(16)19-14/h5-10,12H,4H2,1-3H3,(H2,16,17,18,19). The Morgan fingerprint density at radius 1 is 1.05 bits per heavy atom. The lowest BCUT2D eigenvalue weighted by atomic mass is 10.1. The first-order valence-corrected chi connectivity index (χ1v) is 6.79. The zero-order valence-corrected chi connectivity index (χ0v) is 12.1. The molecule has 2 rings (SSSR count). The number of benzene rings is 1. The topological polar surface area (TPSA) is 73.9 Å². The van der Waals surface area contributed by atoms with Gasteiger partial charge in [0.05, 0.1) is 0 Å². The lowest BCUT2D eigenvalue weighted by Crippen LogP contribution is -2.15. The lowest BCUT2D eigenvalue weighted by Gasteiger charge is -2.17. The van der Waals surface area contributed by atoms with E-state index in [9.17, 15) is 0 Å². The molecule has 1 unspecified atom stereocenters. The maximum Gasteiger partial charge on any atom is 0.223 e. The summed E-state index contributed by atoms with van der Waals surface area (Å²) in [4.78, 5) is 12.9. The second kappa shape index (κ2) is 6.43. The van der Waals surface area contributed by atoms with Crippen LogP contribution in [0.2, 0.25) is 0 Å². The minimum Gasteiger partial charge on any atom is -0.368 e. The highest BCUT2D eigenvalue weighted by molar-refractivity contribution is 5.26. The van der Waals surface area contributed by atoms with Gasteiger partial charge in [0.25, 0.3) is 0 Å². The van der Waals surface area contributed by atoms with Crippen LogP contribution in [0.3, 0.4) is 0 Å². The third-order valence-corrected chi connectivity index (χ3v) is 2.87. The van der Waals surface area contributed by atoms with Gasteiger partial charge < -0.3 is 10.5 Å². The number of rotatable bonds is 5. The van der Waals surface area contributed by atoms with Crippen molar-refractivity contribution in [3.8, 4) is 0 Å². The molecule has 0 amide bonds. The summed E-state index contributed by atoms with van der Waals surface area (Å²) in [7, 11) is 0. The van der Waals surface area contributed by atoms with Crippen molar-refractivity contribution < 1.29 is 4.74 Å². The van der Waals surface area contributed by atoms with Crippen LogP contribution in [0, 0.1) is 0 Å². The summed E-state index contributed by atoms with van der Waals surface area (Å²) in [6.45, 7) is 6.57. The monoisotopic (exact) mass is 272 g/mol. The van der Waals surface area contributed by atoms with E-state index in [1.807, 2.05) is 51.1 Å². The zero-order valence-electron chi connectivity index (χ0n) is 12.1. The van der Waals surface area contributed by atoms with Gasteiger partial charge in [-0.05, 0) is 12.5 Å². The molecule has 2 aromatic rings. The molecule has 0 aliphatic heterocycles. The normalized spacial score (nSPS) is 12.6. The molecule has 0 saturated heterocycles. The van der Waals surface area contributed by atoms with Crippen LogP contribution in [-0.2, 0) is 4.74 Å². The smallest absolute Gasteiger partial charge is 0.223 e. The fourth-order valence-electron chi connectivity index (χ4n) is 1.92. The first-order valence-electron chi connectivity index (χ1n) is 6.79. The summed E-state index contributed by atoms with van der Waals surface area (Å²) >= 11 is 0. The largest absolute Gasteiger partial charge is 0.368 e. The Hall–Kier alpha value is -2.01. The summed E-state index contributed by atoms with van der Waals surface area (Å²) in [5.41, 5.74) is 6.80. The molecule has 0 bridgehead atoms. The Balaban J connectivity index is 2.44. The number of nitrogens with zero attached hydrogens (tertiary/aromatic N) is 3. The molecule has 2 N–H and O–H groups in total. The summed E-state index contributed by atoms with van der Waals surface area (Å²) in [6, 6.07) is 9.89. The maximum absolute atomic E-state index is 5.80. The molecule has 0 aliphatic rings. The number of nitrogen functional groups attached to an aromatic ring is 1. The number of anilines is 1. The molecule has 0 saturated carbocycles. The second-order valence-corrected chi connectivity index (χ2v) is 4.81. The van der Waals surface area contributed by atoms with E-state index in [-0.39, 0.29) is 18.0 Å². The van der Waals surface area contributed by atoms with Crippen molar-refractivity contribution in [2.45, 2.75) is 32.8 Å². The van der Waals surface area contributed by atoms with Gasteiger partial charge in [-0.25, -0.2) is 4.98 Å². The summed E-state index contributed by atoms with van der Waals surface area (Å²) in [5.74, 6) is 1.68. The van der Waals surface area contributed by atoms with Crippen molar-refractivity contribution in [1.82, 2.24) is 15.0 Å². The molecule has 1 heterocycles. The average Bonchev–Trinajstić information content (AvgIpc) is 2.45. The van der Waals surface area contributed by atoms with E-state index in [1.165, 1.54) is 0 Å². The number of aromatic nitrogens is 3. The van der Waals surface area contributed by atoms with E-state index in [2.05, 4.69) is 15.0 Å². The molecule has 1 aromatic heterocycles. The Morgan fingerprint density at radius 2 is 1.70 bits per heavy atom. The summed E-state index contributed by atoms with van der Waals surface area (Å²) < 4.78 is 5.80. The first kappa shape index (κ1) is 14.4. The molecule has 1 aromatic carbocycles. The van der Waals surface area contributed by atoms with Gasteiger partial charge in [0, 0.05) is 12.5 Å². The van der Waals surface area contributed by atoms with Crippen LogP contribution in [0.25, 0.3) is 0 Å². The van der Waals surface area contributed by atoms with Gasteiger partial charge >= 0.3 is 0 Å². The van der Waals surface area contributed by atoms with E-state index in [0.29, 0.717) is 18.3 Å². The van der Waals surface area contributed by atoms with Crippen molar-refractivity contribution in [1.29, 1.82) is 0 Å². The first-order chi connectivity index (χ1) is 9.61. The van der Waals surface area contributed by atoms with Gasteiger partial charge in [0.1, 0.15) is 11.9 Å². The van der Waals surface area contributed by atoms with E-state index in [1.54, 1.807) is 0 Å². The quantitative estimate of drug-likeness (QED) is 0.905. The van der Waals surface area contributed by atoms with Crippen molar-refractivity contribution in [2.24, 2.45) is 0 Å². The van der Waals surface area contributed by atoms with Crippen molar-refractivity contribution in [3.63, 3.8) is 0 Å². The van der Waals surface area contributed by atoms with Gasteiger partial charge in [0.2, 0.25) is 5.95 Å². The highest BCUT2D eigenvalue weighted by Crippen LogP contribution is 2.24. The molecule has 0 radical (unpaired) electrons. The average molecular weight is 272 g/mol. The molecule has 20 heavy (non-hydrogen) atoms. The van der Waals surface area contributed by atoms with Crippen molar-refractivity contribution in [2.75, 3.05) is 12.3 Å². The molecular formula is C15H20N4O. The van der Waals surface area contributed by atoms with Crippen molar-refractivity contribution in [3.05, 3.63) is 47.5 Å². The minimum atomic E-state index is -0.316. The molecule has 5 heteroatoms. The second-order valence-electron chi connectivity index (χ2n) is 4.81. The van der Waals surface area contributed by atoms with Crippen LogP contribution in [0.1, 0.15) is 50.0 Å². The van der Waals surface area contributed by atoms with Crippen LogP contribution in [0.4, 0.5) is 5.95 Å². The van der Waals surface area contributed by atoms with Crippen LogP contribution in [0.15, 0.2) is 30.3 Å². The highest BCUT2D eigenvalue weighted by Gasteiger charge is 2.19. The van der Waals surface area contributed by atoms with Crippen LogP contribution >= 0.6 is 0 Å². The number of hydrogen-bond acceptors (Lipinski definition) is 5. The fraction of sp³-hybridized carbons (Fsp3) is 0.400. The van der Waals surface area contributed by atoms with Crippen molar-refractivity contribution >= 4 is 5.95 Å². The number of ether oxygens (including phenoxy) is 1. The van der Waals surface area contributed by atoms with Crippen LogP contribution in [0.5, 0.6) is 0 Å². The molecule has 0 spiro atoms.